The van der Waals surface area contributed by atoms with Crippen molar-refractivity contribution in [2.75, 3.05) is 13.1 Å². The van der Waals surface area contributed by atoms with E-state index in [1.165, 1.54) is 17.7 Å². The quantitative estimate of drug-likeness (QED) is 0.161. The number of nitrogens with one attached hydrogen (secondary N) is 2. The molecule has 248 valence electrons. The van der Waals surface area contributed by atoms with Gasteiger partial charge in [-0.15, -0.1) is 11.3 Å². The van der Waals surface area contributed by atoms with Crippen molar-refractivity contribution in [2.24, 2.45) is 21.7 Å². The average molecular weight is 656 g/mol. The van der Waals surface area contributed by atoms with Crippen LogP contribution >= 0.6 is 11.3 Å². The molecule has 2 N–H and O–H groups in total. The van der Waals surface area contributed by atoms with Crippen LogP contribution in [0.5, 0.6) is 0 Å². The fourth-order valence-corrected chi connectivity index (χ4v) is 6.50. The second-order valence-electron chi connectivity index (χ2n) is 14.6. The normalized spacial score (nSPS) is 17.2. The van der Waals surface area contributed by atoms with Crippen LogP contribution in [-0.4, -0.2) is 50.4 Å². The van der Waals surface area contributed by atoms with E-state index in [0.717, 1.165) is 34.3 Å². The van der Waals surface area contributed by atoms with Crippen molar-refractivity contribution in [3.8, 4) is 16.7 Å². The Hall–Kier alpha value is -4.27. The molecule has 10 nitrogen and oxygen atoms in total. The van der Waals surface area contributed by atoms with Crippen LogP contribution in [0.15, 0.2) is 64.0 Å². The minimum atomic E-state index is -0.353. The van der Waals surface area contributed by atoms with Crippen LogP contribution in [0.1, 0.15) is 76.5 Å². The minimum absolute atomic E-state index is 0.115. The largest absolute Gasteiger partial charge is 0.443 e. The maximum Gasteiger partial charge on any atom is 0.290 e. The van der Waals surface area contributed by atoms with Gasteiger partial charge in [-0.1, -0.05) is 53.7 Å². The maximum absolute atomic E-state index is 13.5. The average Bonchev–Trinajstić information content (AvgIpc) is 3.78. The number of allylic oxidation sites excluding steroid dienone is 1. The van der Waals surface area contributed by atoms with E-state index in [9.17, 15) is 14.9 Å². The number of amides is 2. The molecule has 0 spiro atoms. The van der Waals surface area contributed by atoms with Crippen molar-refractivity contribution < 1.29 is 14.0 Å². The highest BCUT2D eigenvalue weighted by Gasteiger charge is 2.28. The van der Waals surface area contributed by atoms with Crippen molar-refractivity contribution in [3.63, 3.8) is 0 Å². The number of hydrogen-bond acceptors (Lipinski definition) is 7. The van der Waals surface area contributed by atoms with E-state index in [2.05, 4.69) is 76.8 Å². The fraction of sp³-hybridized carbons (Fsp3) is 0.472. The Morgan fingerprint density at radius 3 is 2.70 bits per heavy atom. The second-order valence-corrected chi connectivity index (χ2v) is 15.7. The van der Waals surface area contributed by atoms with Crippen LogP contribution in [0.3, 0.4) is 0 Å². The van der Waals surface area contributed by atoms with Gasteiger partial charge < -0.3 is 24.2 Å². The van der Waals surface area contributed by atoms with Gasteiger partial charge in [0, 0.05) is 32.2 Å². The van der Waals surface area contributed by atoms with Gasteiger partial charge in [-0.3, -0.25) is 9.59 Å². The number of aromatic nitrogens is 3. The van der Waals surface area contributed by atoms with E-state index < -0.39 is 0 Å². The first-order valence-corrected chi connectivity index (χ1v) is 17.0. The highest BCUT2D eigenvalue weighted by Crippen LogP contribution is 2.29. The van der Waals surface area contributed by atoms with Gasteiger partial charge in [0.05, 0.1) is 27.0 Å². The highest BCUT2D eigenvalue weighted by molar-refractivity contribution is 7.17. The number of fused-ring (bicyclic) bond motifs is 1. The first-order valence-electron chi connectivity index (χ1n) is 16.2. The number of hydrogen-bond donors (Lipinski definition) is 2. The Morgan fingerprint density at radius 1 is 1.23 bits per heavy atom. The summed E-state index contributed by atoms with van der Waals surface area (Å²) >= 11 is 1.31. The number of nitrogens with zero attached hydrogens (tertiary/aromatic N) is 5. The molecule has 0 saturated carbocycles. The van der Waals surface area contributed by atoms with E-state index in [4.69, 9.17) is 4.42 Å². The van der Waals surface area contributed by atoms with Crippen molar-refractivity contribution in [1.82, 2.24) is 24.8 Å². The third kappa shape index (κ3) is 8.37. The molecule has 1 fully saturated rings. The summed E-state index contributed by atoms with van der Waals surface area (Å²) in [5.74, 6) is 0.139. The summed E-state index contributed by atoms with van der Waals surface area (Å²) in [7, 11) is 0. The van der Waals surface area contributed by atoms with Gasteiger partial charge in [0.2, 0.25) is 5.62 Å². The lowest BCUT2D eigenvalue weighted by Gasteiger charge is -2.33. The predicted octanol–water partition coefficient (Wildman–Crippen LogP) is 6.69. The smallest absolute Gasteiger partial charge is 0.290 e. The molecule has 0 bridgehead atoms. The number of imidazole rings is 1. The number of rotatable bonds is 8. The van der Waals surface area contributed by atoms with Crippen molar-refractivity contribution in [3.05, 3.63) is 70.6 Å². The Kier molecular flexibility index (Phi) is 10.0. The standard InChI is InChI=1S/C36H45N7O3S/c1-23(36(5,6)7)39-18-24-10-11-28-27(15-24)40-34(41-32(44)31-13-12-30(47-31)29-19-38-22-46-29)43(28)21-25-9-8-14-42(20-25)33(45)26(17-37)16-35(2,3)4/h10-13,15-16,19,22-23,25,39H,8-9,14,18,20-21H2,1-7H3,(H,40,41,44)/t23-,25-/m0/s1. The maximum atomic E-state index is 13.5. The van der Waals surface area contributed by atoms with Crippen LogP contribution in [-0.2, 0) is 17.9 Å². The van der Waals surface area contributed by atoms with Crippen LogP contribution in [0.25, 0.3) is 21.7 Å². The van der Waals surface area contributed by atoms with E-state index in [0.29, 0.717) is 48.5 Å². The Bertz CT molecular complexity index is 1870. The molecule has 2 amide bonds. The van der Waals surface area contributed by atoms with Gasteiger partial charge >= 0.3 is 0 Å². The lowest BCUT2D eigenvalue weighted by Crippen LogP contribution is -2.42. The van der Waals surface area contributed by atoms with Crippen LogP contribution in [0.4, 0.5) is 0 Å². The number of likely N-dealkylation sites (tertiary alicyclic amines) is 1. The zero-order chi connectivity index (χ0) is 33.9. The molecular weight excluding hydrogens is 611 g/mol. The van der Waals surface area contributed by atoms with Crippen molar-refractivity contribution in [1.29, 1.82) is 5.26 Å². The SMILES string of the molecule is C[C@H](NCc1ccc2c(c1)[nH]c(=NC(=O)c1ccc(-c3cnco3)s1)n2C[C@H]1CCCN(C(=O)C(C#N)=CC(C)(C)C)C1)C(C)(C)C. The molecule has 4 heterocycles. The predicted molar refractivity (Wildman–Crippen MR) is 184 cm³/mol. The number of thiophene rings is 1. The molecule has 11 heteroatoms. The van der Waals surface area contributed by atoms with Gasteiger partial charge in [-0.25, -0.2) is 4.98 Å². The summed E-state index contributed by atoms with van der Waals surface area (Å²) in [5, 5.41) is 13.4. The van der Waals surface area contributed by atoms with Gasteiger partial charge in [0.15, 0.2) is 12.2 Å². The topological polar surface area (TPSA) is 132 Å². The summed E-state index contributed by atoms with van der Waals surface area (Å²) in [6, 6.07) is 12.3. The summed E-state index contributed by atoms with van der Waals surface area (Å²) < 4.78 is 7.46. The number of aromatic amines is 1. The van der Waals surface area contributed by atoms with E-state index in [-0.39, 0.29) is 34.1 Å². The lowest BCUT2D eigenvalue weighted by atomic mass is 9.88. The molecule has 1 aromatic carbocycles. The zero-order valence-electron chi connectivity index (χ0n) is 28.4. The molecule has 4 aromatic rings. The van der Waals surface area contributed by atoms with Gasteiger partial charge in [0.1, 0.15) is 11.6 Å². The highest BCUT2D eigenvalue weighted by atomic mass is 32.1. The fourth-order valence-electron chi connectivity index (χ4n) is 5.66. The number of oxazole rings is 1. The summed E-state index contributed by atoms with van der Waals surface area (Å²) in [4.78, 5) is 41.9. The molecule has 5 rings (SSSR count). The van der Waals surface area contributed by atoms with E-state index in [1.54, 1.807) is 23.2 Å². The van der Waals surface area contributed by atoms with Crippen LogP contribution in [0.2, 0.25) is 0 Å². The molecule has 0 aliphatic carbocycles. The number of benzene rings is 1. The Morgan fingerprint density at radius 2 is 2.02 bits per heavy atom. The summed E-state index contributed by atoms with van der Waals surface area (Å²) in [5.41, 5.74) is 3.44. The first-order chi connectivity index (χ1) is 22.2. The number of nitriles is 1. The third-order valence-corrected chi connectivity index (χ3v) is 9.73. The number of H-pyrrole nitrogens is 1. The minimum Gasteiger partial charge on any atom is -0.443 e. The lowest BCUT2D eigenvalue weighted by molar-refractivity contribution is -0.128. The molecular formula is C36H45N7O3S. The summed E-state index contributed by atoms with van der Waals surface area (Å²) in [6.07, 6.45) is 6.49. The van der Waals surface area contributed by atoms with Crippen molar-refractivity contribution in [2.45, 2.75) is 80.4 Å². The molecule has 0 radical (unpaired) electrons. The monoisotopic (exact) mass is 655 g/mol. The molecule has 0 unspecified atom stereocenters. The van der Waals surface area contributed by atoms with Gasteiger partial charge in [-0.2, -0.15) is 10.3 Å². The van der Waals surface area contributed by atoms with E-state index in [1.807, 2.05) is 26.8 Å². The molecule has 1 aliphatic heterocycles. The Balaban J connectivity index is 1.46. The number of carbonyl (C=O) groups is 2. The Labute approximate surface area is 280 Å². The zero-order valence-corrected chi connectivity index (χ0v) is 29.2. The molecule has 47 heavy (non-hydrogen) atoms. The van der Waals surface area contributed by atoms with Crippen LogP contribution in [0, 0.1) is 28.1 Å². The second kappa shape index (κ2) is 13.8. The van der Waals surface area contributed by atoms with E-state index >= 15 is 0 Å². The van der Waals surface area contributed by atoms with Gasteiger partial charge in [-0.05, 0) is 66.3 Å². The van der Waals surface area contributed by atoms with Crippen LogP contribution < -0.4 is 10.9 Å². The molecule has 1 aliphatic rings. The number of carbonyl (C=O) groups excluding carboxylic acids is 2. The van der Waals surface area contributed by atoms with Gasteiger partial charge in [0.25, 0.3) is 11.8 Å². The molecule has 1 saturated heterocycles. The third-order valence-electron chi connectivity index (χ3n) is 8.64. The summed E-state index contributed by atoms with van der Waals surface area (Å²) in [6.45, 7) is 17.2. The van der Waals surface area contributed by atoms with Crippen molar-refractivity contribution >= 4 is 34.2 Å². The molecule has 3 aromatic heterocycles. The first kappa shape index (κ1) is 34.1. The molecule has 2 atom stereocenters. The number of piperidine rings is 1.